The van der Waals surface area contributed by atoms with Crippen LogP contribution in [0.1, 0.15) is 61.8 Å². The Bertz CT molecular complexity index is 398. The van der Waals surface area contributed by atoms with Gasteiger partial charge in [-0.1, -0.05) is 20.8 Å². The average Bonchev–Trinajstić information content (AvgIpc) is 2.29. The minimum absolute atomic E-state index is 0.0888. The Morgan fingerprint density at radius 1 is 1.12 bits per heavy atom. The molecule has 0 aliphatic rings. The highest BCUT2D eigenvalue weighted by Crippen LogP contribution is 2.37. The topological polar surface area (TPSA) is 64.8 Å². The molecule has 0 saturated heterocycles. The molecule has 6 heteroatoms. The fourth-order valence-electron chi connectivity index (χ4n) is 2.01. The number of nitrogens with zero attached hydrogens (tertiary/aromatic N) is 1. The van der Waals surface area contributed by atoms with E-state index < -0.39 is 13.9 Å². The summed E-state index contributed by atoms with van der Waals surface area (Å²) >= 11 is 0. The third kappa shape index (κ3) is 9.04. The molecule has 2 atom stereocenters. The monoisotopic (exact) mass is 360 g/mol. The fourth-order valence-corrected chi connectivity index (χ4v) is 3.48. The van der Waals surface area contributed by atoms with Gasteiger partial charge < -0.3 is 19.8 Å². The van der Waals surface area contributed by atoms with Gasteiger partial charge in [0.15, 0.2) is 8.32 Å². The van der Waals surface area contributed by atoms with Crippen LogP contribution in [0.15, 0.2) is 0 Å². The molecule has 2 N–H and O–H groups in total. The number of carbonyl (C=O) groups excluding carboxylic acids is 1. The Morgan fingerprint density at radius 3 is 2.00 bits per heavy atom. The van der Waals surface area contributed by atoms with Gasteiger partial charge in [0.05, 0.1) is 0 Å². The molecular formula is C18H40N2O3Si. The minimum Gasteiger partial charge on any atom is -0.444 e. The molecule has 1 unspecified atom stereocenters. The van der Waals surface area contributed by atoms with Crippen LogP contribution in [0.3, 0.4) is 0 Å². The van der Waals surface area contributed by atoms with Gasteiger partial charge in [0, 0.05) is 25.2 Å². The van der Waals surface area contributed by atoms with E-state index >= 15 is 0 Å². The lowest BCUT2D eigenvalue weighted by Crippen LogP contribution is -2.46. The van der Waals surface area contributed by atoms with E-state index in [2.05, 4.69) is 40.8 Å². The summed E-state index contributed by atoms with van der Waals surface area (Å²) in [6, 6.07) is -0.0888. The fraction of sp³-hybridized carbons (Fsp3) is 0.944. The number of nitrogens with two attached hydrogens (primary N) is 1. The second kappa shape index (κ2) is 8.67. The van der Waals surface area contributed by atoms with Crippen LogP contribution in [0.25, 0.3) is 0 Å². The number of amides is 1. The summed E-state index contributed by atoms with van der Waals surface area (Å²) < 4.78 is 11.9. The van der Waals surface area contributed by atoms with Crippen molar-refractivity contribution >= 4 is 14.4 Å². The van der Waals surface area contributed by atoms with Crippen molar-refractivity contribution in [2.75, 3.05) is 13.1 Å². The van der Waals surface area contributed by atoms with E-state index in [-0.39, 0.29) is 23.3 Å². The maximum Gasteiger partial charge on any atom is 0.410 e. The number of hydrogen-bond acceptors (Lipinski definition) is 4. The molecule has 1 amide bonds. The molecule has 0 spiro atoms. The van der Waals surface area contributed by atoms with Crippen LogP contribution in [-0.4, -0.2) is 50.1 Å². The largest absolute Gasteiger partial charge is 0.444 e. The third-order valence-electron chi connectivity index (χ3n) is 4.27. The molecule has 0 aliphatic heterocycles. The van der Waals surface area contributed by atoms with Crippen molar-refractivity contribution < 1.29 is 14.0 Å². The molecule has 0 aromatic rings. The number of hydrogen-bond donors (Lipinski definition) is 1. The predicted molar refractivity (Wildman–Crippen MR) is 104 cm³/mol. The maximum absolute atomic E-state index is 12.4. The van der Waals surface area contributed by atoms with E-state index in [0.29, 0.717) is 13.1 Å². The van der Waals surface area contributed by atoms with Gasteiger partial charge in [0.25, 0.3) is 0 Å². The molecule has 0 aliphatic carbocycles. The van der Waals surface area contributed by atoms with Crippen molar-refractivity contribution in [3.63, 3.8) is 0 Å². The Kier molecular flexibility index (Phi) is 8.46. The summed E-state index contributed by atoms with van der Waals surface area (Å²) in [6.07, 6.45) is 0.571. The van der Waals surface area contributed by atoms with Crippen LogP contribution in [0, 0.1) is 0 Å². The van der Waals surface area contributed by atoms with Crippen molar-refractivity contribution in [2.45, 2.75) is 97.7 Å². The van der Waals surface area contributed by atoms with Crippen molar-refractivity contribution in [3.8, 4) is 0 Å². The van der Waals surface area contributed by atoms with Gasteiger partial charge in [0.2, 0.25) is 0 Å². The van der Waals surface area contributed by atoms with Crippen molar-refractivity contribution in [2.24, 2.45) is 5.73 Å². The summed E-state index contributed by atoms with van der Waals surface area (Å²) in [4.78, 5) is 14.1. The summed E-state index contributed by atoms with van der Waals surface area (Å²) in [6.45, 7) is 21.9. The second-order valence-electron chi connectivity index (χ2n) is 9.38. The zero-order valence-electron chi connectivity index (χ0n) is 17.5. The Hall–Kier alpha value is -0.593. The lowest BCUT2D eigenvalue weighted by Gasteiger charge is -2.39. The first-order valence-corrected chi connectivity index (χ1v) is 11.9. The normalized spacial score (nSPS) is 15.8. The van der Waals surface area contributed by atoms with Gasteiger partial charge in [-0.3, -0.25) is 0 Å². The van der Waals surface area contributed by atoms with E-state index in [1.807, 2.05) is 27.7 Å². The third-order valence-corrected chi connectivity index (χ3v) is 8.87. The average molecular weight is 361 g/mol. The van der Waals surface area contributed by atoms with Crippen molar-refractivity contribution in [1.82, 2.24) is 4.90 Å². The first-order valence-electron chi connectivity index (χ1n) is 8.96. The van der Waals surface area contributed by atoms with E-state index in [4.69, 9.17) is 14.9 Å². The van der Waals surface area contributed by atoms with Gasteiger partial charge in [-0.15, -0.1) is 0 Å². The van der Waals surface area contributed by atoms with Gasteiger partial charge in [0.1, 0.15) is 5.60 Å². The van der Waals surface area contributed by atoms with Crippen LogP contribution in [0.2, 0.25) is 18.1 Å². The lowest BCUT2D eigenvalue weighted by atomic mass is 10.2. The van der Waals surface area contributed by atoms with Gasteiger partial charge in [-0.2, -0.15) is 0 Å². The van der Waals surface area contributed by atoms with Gasteiger partial charge in [-0.25, -0.2) is 4.79 Å². The standard InChI is InChI=1S/C18H40N2O3Si/c1-14(19)13-20(16(21)22-17(3,4)5)12-11-15(2)23-24(9,10)18(6,7)8/h14-15H,11-13,19H2,1-10H3/t14?,15-/m0/s1. The number of ether oxygens (including phenoxy) is 1. The second-order valence-corrected chi connectivity index (χ2v) is 14.1. The quantitative estimate of drug-likeness (QED) is 0.685. The number of rotatable bonds is 7. The highest BCUT2D eigenvalue weighted by Gasteiger charge is 2.38. The van der Waals surface area contributed by atoms with E-state index in [1.165, 1.54) is 0 Å². The molecule has 0 fully saturated rings. The zero-order chi connectivity index (χ0) is 19.3. The van der Waals surface area contributed by atoms with Crippen molar-refractivity contribution in [3.05, 3.63) is 0 Å². The molecule has 0 saturated carbocycles. The van der Waals surface area contributed by atoms with Gasteiger partial charge in [-0.05, 0) is 59.2 Å². The van der Waals surface area contributed by atoms with Crippen LogP contribution in [0.4, 0.5) is 4.79 Å². The van der Waals surface area contributed by atoms with Crippen LogP contribution >= 0.6 is 0 Å². The molecular weight excluding hydrogens is 320 g/mol. The summed E-state index contributed by atoms with van der Waals surface area (Å²) in [5.74, 6) is 0. The molecule has 0 rings (SSSR count). The molecule has 0 heterocycles. The summed E-state index contributed by atoms with van der Waals surface area (Å²) in [5, 5.41) is 0.178. The van der Waals surface area contributed by atoms with E-state index in [1.54, 1.807) is 4.90 Å². The molecule has 0 aromatic heterocycles. The van der Waals surface area contributed by atoms with Crippen LogP contribution in [0.5, 0.6) is 0 Å². The smallest absolute Gasteiger partial charge is 0.410 e. The van der Waals surface area contributed by atoms with E-state index in [9.17, 15) is 4.79 Å². The van der Waals surface area contributed by atoms with Crippen LogP contribution < -0.4 is 5.73 Å². The highest BCUT2D eigenvalue weighted by molar-refractivity contribution is 6.74. The summed E-state index contributed by atoms with van der Waals surface area (Å²) in [5.41, 5.74) is 5.38. The molecule has 0 radical (unpaired) electrons. The van der Waals surface area contributed by atoms with Gasteiger partial charge >= 0.3 is 6.09 Å². The van der Waals surface area contributed by atoms with E-state index in [0.717, 1.165) is 6.42 Å². The Labute approximate surface area is 150 Å². The molecule has 5 nitrogen and oxygen atoms in total. The first kappa shape index (κ1) is 23.4. The minimum atomic E-state index is -1.80. The maximum atomic E-state index is 12.4. The Balaban J connectivity index is 4.74. The first-order chi connectivity index (χ1) is 10.5. The molecule has 0 bridgehead atoms. The van der Waals surface area contributed by atoms with Crippen LogP contribution in [-0.2, 0) is 9.16 Å². The molecule has 0 aromatic carbocycles. The molecule has 144 valence electrons. The predicted octanol–water partition coefficient (Wildman–Crippen LogP) is 4.37. The lowest BCUT2D eigenvalue weighted by molar-refractivity contribution is 0.0220. The van der Waals surface area contributed by atoms with Crippen molar-refractivity contribution in [1.29, 1.82) is 0 Å². The summed E-state index contributed by atoms with van der Waals surface area (Å²) in [7, 11) is -1.80. The number of carbonyl (C=O) groups is 1. The Morgan fingerprint density at radius 2 is 1.62 bits per heavy atom. The highest BCUT2D eigenvalue weighted by atomic mass is 28.4. The zero-order valence-corrected chi connectivity index (χ0v) is 18.5. The molecule has 24 heavy (non-hydrogen) atoms. The SMILES string of the molecule is CC(N)CN(CC[C@H](C)O[Si](C)(C)C(C)(C)C)C(=O)OC(C)(C)C.